The molecule has 0 saturated heterocycles. The molecule has 1 aliphatic carbocycles. The summed E-state index contributed by atoms with van der Waals surface area (Å²) < 4.78 is 0. The fraction of sp³-hybridized carbons (Fsp3) is 0.357. The van der Waals surface area contributed by atoms with Crippen molar-refractivity contribution < 1.29 is 4.79 Å². The quantitative estimate of drug-likeness (QED) is 0.640. The Bertz CT molecular complexity index is 585. The van der Waals surface area contributed by atoms with Crippen molar-refractivity contribution in [2.24, 2.45) is 0 Å². The monoisotopic (exact) mass is 247 g/mol. The summed E-state index contributed by atoms with van der Waals surface area (Å²) in [6.07, 6.45) is 6.47. The molecule has 88 valence electrons. The zero-order chi connectivity index (χ0) is 11.8. The normalized spacial score (nSPS) is 14.9. The van der Waals surface area contributed by atoms with E-state index in [2.05, 4.69) is 17.1 Å². The van der Waals surface area contributed by atoms with Gasteiger partial charge in [0, 0.05) is 22.7 Å². The second-order valence-corrected chi connectivity index (χ2v) is 4.86. The van der Waals surface area contributed by atoms with Gasteiger partial charge in [-0.25, -0.2) is 0 Å². The van der Waals surface area contributed by atoms with E-state index in [1.165, 1.54) is 24.0 Å². The summed E-state index contributed by atoms with van der Waals surface area (Å²) in [6.45, 7) is 0. The van der Waals surface area contributed by atoms with Gasteiger partial charge in [-0.1, -0.05) is 6.07 Å². The largest absolute Gasteiger partial charge is 0.360 e. The first-order valence-corrected chi connectivity index (χ1v) is 6.55. The first-order chi connectivity index (χ1) is 8.31. The van der Waals surface area contributed by atoms with Gasteiger partial charge in [0.15, 0.2) is 5.78 Å². The van der Waals surface area contributed by atoms with Crippen LogP contribution in [-0.2, 0) is 12.8 Å². The number of Topliss-reactive ketones (excluding diaryl/α,β-unsaturated/α-hetero) is 1. The van der Waals surface area contributed by atoms with Crippen molar-refractivity contribution in [1.82, 2.24) is 4.98 Å². The highest BCUT2D eigenvalue weighted by Crippen LogP contribution is 2.31. The van der Waals surface area contributed by atoms with Crippen LogP contribution < -0.4 is 0 Å². The zero-order valence-corrected chi connectivity index (χ0v) is 10.3. The molecule has 0 saturated carbocycles. The Balaban J connectivity index is 2.28. The van der Waals surface area contributed by atoms with Crippen molar-refractivity contribution in [3.05, 3.63) is 35.0 Å². The number of alkyl halides is 1. The minimum absolute atomic E-state index is 0.0110. The second kappa shape index (κ2) is 4.19. The van der Waals surface area contributed by atoms with Crippen LogP contribution in [0.4, 0.5) is 0 Å². The summed E-state index contributed by atoms with van der Waals surface area (Å²) in [6, 6.07) is 4.26. The average Bonchev–Trinajstić information content (AvgIpc) is 2.82. The molecule has 1 aromatic carbocycles. The van der Waals surface area contributed by atoms with Gasteiger partial charge in [-0.2, -0.15) is 0 Å². The molecule has 0 aliphatic heterocycles. The number of aryl methyl sites for hydroxylation is 2. The number of hydrogen-bond acceptors (Lipinski definition) is 1. The molecular weight excluding hydrogens is 234 g/mol. The Morgan fingerprint density at radius 2 is 2.12 bits per heavy atom. The average molecular weight is 248 g/mol. The van der Waals surface area contributed by atoms with Crippen LogP contribution in [0.3, 0.4) is 0 Å². The van der Waals surface area contributed by atoms with Gasteiger partial charge in [-0.15, -0.1) is 11.6 Å². The fourth-order valence-corrected chi connectivity index (χ4v) is 2.91. The summed E-state index contributed by atoms with van der Waals surface area (Å²) in [5, 5.41) is 1.10. The number of aromatic amines is 1. The predicted molar refractivity (Wildman–Crippen MR) is 70.0 cm³/mol. The minimum atomic E-state index is 0.0110. The number of carbonyl (C=O) groups excluding carboxylic acids is 1. The molecule has 0 bridgehead atoms. The Morgan fingerprint density at radius 1 is 1.29 bits per heavy atom. The van der Waals surface area contributed by atoms with E-state index in [-0.39, 0.29) is 11.7 Å². The van der Waals surface area contributed by atoms with Crippen LogP contribution in [0, 0.1) is 0 Å². The smallest absolute Gasteiger partial charge is 0.179 e. The number of halogens is 1. The lowest BCUT2D eigenvalue weighted by Crippen LogP contribution is -2.05. The number of carbonyl (C=O) groups is 1. The molecule has 1 aliphatic rings. The number of ketones is 1. The number of rotatable bonds is 2. The number of fused-ring (bicyclic) bond motifs is 3. The lowest BCUT2D eigenvalue weighted by molar-refractivity contribution is 0.102. The Labute approximate surface area is 105 Å². The lowest BCUT2D eigenvalue weighted by atomic mass is 9.88. The van der Waals surface area contributed by atoms with Gasteiger partial charge in [-0.05, 0) is 42.9 Å². The van der Waals surface area contributed by atoms with E-state index in [0.29, 0.717) is 0 Å². The molecule has 1 N–H and O–H groups in total. The SMILES string of the molecule is O=C(CCl)c1c[nH]c2ccc3c(c12)CCCC3. The first-order valence-electron chi connectivity index (χ1n) is 6.02. The van der Waals surface area contributed by atoms with Gasteiger partial charge in [0.2, 0.25) is 0 Å². The highest BCUT2D eigenvalue weighted by Gasteiger charge is 2.18. The Kier molecular flexibility index (Phi) is 2.67. The van der Waals surface area contributed by atoms with Gasteiger partial charge >= 0.3 is 0 Å². The molecule has 3 rings (SSSR count). The maximum Gasteiger partial charge on any atom is 0.179 e. The number of nitrogens with one attached hydrogen (secondary N) is 1. The van der Waals surface area contributed by atoms with Crippen molar-refractivity contribution in [3.8, 4) is 0 Å². The number of hydrogen-bond donors (Lipinski definition) is 1. The highest BCUT2D eigenvalue weighted by molar-refractivity contribution is 6.32. The third-order valence-electron chi connectivity index (χ3n) is 3.60. The summed E-state index contributed by atoms with van der Waals surface area (Å²) in [7, 11) is 0. The number of H-pyrrole nitrogens is 1. The first kappa shape index (κ1) is 10.8. The van der Waals surface area contributed by atoms with Crippen molar-refractivity contribution in [3.63, 3.8) is 0 Å². The maximum atomic E-state index is 11.8. The van der Waals surface area contributed by atoms with Crippen LogP contribution in [0.1, 0.15) is 34.3 Å². The van der Waals surface area contributed by atoms with Crippen LogP contribution >= 0.6 is 11.6 Å². The van der Waals surface area contributed by atoms with Crippen LogP contribution in [0.5, 0.6) is 0 Å². The van der Waals surface area contributed by atoms with Crippen molar-refractivity contribution in [2.45, 2.75) is 25.7 Å². The van der Waals surface area contributed by atoms with Gasteiger partial charge in [-0.3, -0.25) is 4.79 Å². The highest BCUT2D eigenvalue weighted by atomic mass is 35.5. The number of aromatic nitrogens is 1. The molecular formula is C14H14ClNO. The summed E-state index contributed by atoms with van der Waals surface area (Å²) >= 11 is 5.66. The fourth-order valence-electron chi connectivity index (χ4n) is 2.77. The van der Waals surface area contributed by atoms with Crippen LogP contribution in [0.2, 0.25) is 0 Å². The van der Waals surface area contributed by atoms with E-state index in [1.807, 2.05) is 0 Å². The standard InChI is InChI=1S/C14H14ClNO/c15-7-13(17)11-8-16-12-6-5-9-3-1-2-4-10(9)14(11)12/h5-6,8,16H,1-4,7H2. The van der Waals surface area contributed by atoms with Gasteiger partial charge < -0.3 is 4.98 Å². The van der Waals surface area contributed by atoms with E-state index in [4.69, 9.17) is 11.6 Å². The molecule has 2 aromatic rings. The molecule has 1 aromatic heterocycles. The van der Waals surface area contributed by atoms with Gasteiger partial charge in [0.1, 0.15) is 0 Å². The third-order valence-corrected chi connectivity index (χ3v) is 3.84. The van der Waals surface area contributed by atoms with E-state index in [0.717, 1.165) is 29.3 Å². The van der Waals surface area contributed by atoms with Gasteiger partial charge in [0.25, 0.3) is 0 Å². The van der Waals surface area contributed by atoms with E-state index < -0.39 is 0 Å². The Morgan fingerprint density at radius 3 is 2.94 bits per heavy atom. The molecule has 0 amide bonds. The Hall–Kier alpha value is -1.28. The molecule has 17 heavy (non-hydrogen) atoms. The molecule has 0 fully saturated rings. The molecule has 0 radical (unpaired) electrons. The van der Waals surface area contributed by atoms with Crippen molar-refractivity contribution in [2.75, 3.05) is 5.88 Å². The van der Waals surface area contributed by atoms with E-state index in [1.54, 1.807) is 6.20 Å². The van der Waals surface area contributed by atoms with Crippen LogP contribution in [-0.4, -0.2) is 16.6 Å². The van der Waals surface area contributed by atoms with Gasteiger partial charge in [0.05, 0.1) is 5.88 Å². The van der Waals surface area contributed by atoms with Crippen LogP contribution in [0.15, 0.2) is 18.3 Å². The zero-order valence-electron chi connectivity index (χ0n) is 9.55. The third kappa shape index (κ3) is 1.67. The topological polar surface area (TPSA) is 32.9 Å². The summed E-state index contributed by atoms with van der Waals surface area (Å²) in [5.41, 5.74) is 4.56. The molecule has 0 spiro atoms. The molecule has 2 nitrogen and oxygen atoms in total. The molecule has 3 heteroatoms. The van der Waals surface area contributed by atoms with E-state index >= 15 is 0 Å². The molecule has 0 atom stereocenters. The van der Waals surface area contributed by atoms with Crippen LogP contribution in [0.25, 0.3) is 10.9 Å². The summed E-state index contributed by atoms with van der Waals surface area (Å²) in [5.74, 6) is 0.0632. The molecule has 1 heterocycles. The summed E-state index contributed by atoms with van der Waals surface area (Å²) in [4.78, 5) is 15.0. The number of benzene rings is 1. The minimum Gasteiger partial charge on any atom is -0.360 e. The van der Waals surface area contributed by atoms with E-state index in [9.17, 15) is 4.79 Å². The second-order valence-electron chi connectivity index (χ2n) is 4.59. The predicted octanol–water partition coefficient (Wildman–Crippen LogP) is 3.47. The molecule has 0 unspecified atom stereocenters. The van der Waals surface area contributed by atoms with Crippen molar-refractivity contribution in [1.29, 1.82) is 0 Å². The van der Waals surface area contributed by atoms with Crippen molar-refractivity contribution >= 4 is 28.3 Å². The lowest BCUT2D eigenvalue weighted by Gasteiger charge is -2.17. The maximum absolute atomic E-state index is 11.8.